The van der Waals surface area contributed by atoms with Crippen LogP contribution < -0.4 is 4.74 Å². The molecule has 7 nitrogen and oxygen atoms in total. The summed E-state index contributed by atoms with van der Waals surface area (Å²) in [5, 5.41) is 8.83. The molecule has 0 saturated carbocycles. The summed E-state index contributed by atoms with van der Waals surface area (Å²) in [6.07, 6.45) is 1.88. The highest BCUT2D eigenvalue weighted by molar-refractivity contribution is 5.81. The molecule has 138 valence electrons. The lowest BCUT2D eigenvalue weighted by Gasteiger charge is -2.33. The number of hydrogen-bond donors (Lipinski definition) is 0. The molecule has 2 aliphatic heterocycles. The number of hydrogen-bond acceptors (Lipinski definition) is 5. The van der Waals surface area contributed by atoms with E-state index in [9.17, 15) is 4.79 Å². The van der Waals surface area contributed by atoms with Crippen molar-refractivity contribution in [1.82, 2.24) is 19.7 Å². The zero-order chi connectivity index (χ0) is 18.1. The molecule has 0 unspecified atom stereocenters. The Balaban J connectivity index is 1.55. The van der Waals surface area contributed by atoms with Gasteiger partial charge in [0.15, 0.2) is 5.82 Å². The summed E-state index contributed by atoms with van der Waals surface area (Å²) in [6.45, 7) is 4.49. The predicted molar refractivity (Wildman–Crippen MR) is 94.8 cm³/mol. The molecule has 1 atom stereocenters. The third-order valence-electron chi connectivity index (χ3n) is 5.30. The van der Waals surface area contributed by atoms with Gasteiger partial charge in [0.05, 0.1) is 13.7 Å². The van der Waals surface area contributed by atoms with Crippen LogP contribution in [-0.2, 0) is 22.6 Å². The van der Waals surface area contributed by atoms with Crippen LogP contribution in [-0.4, -0.2) is 45.9 Å². The van der Waals surface area contributed by atoms with Crippen LogP contribution in [0.4, 0.5) is 0 Å². The van der Waals surface area contributed by atoms with Gasteiger partial charge in [-0.15, -0.1) is 10.2 Å². The van der Waals surface area contributed by atoms with E-state index in [1.807, 2.05) is 40.7 Å². The van der Waals surface area contributed by atoms with Gasteiger partial charge < -0.3 is 18.9 Å². The lowest BCUT2D eigenvalue weighted by Crippen LogP contribution is -2.42. The molecule has 7 heteroatoms. The van der Waals surface area contributed by atoms with Crippen LogP contribution in [0.25, 0.3) is 0 Å². The molecule has 1 aromatic carbocycles. The van der Waals surface area contributed by atoms with E-state index in [1.165, 1.54) is 0 Å². The molecule has 0 radical (unpaired) electrons. The monoisotopic (exact) mass is 356 g/mol. The van der Waals surface area contributed by atoms with Crippen molar-refractivity contribution in [2.45, 2.75) is 44.8 Å². The standard InChI is InChI=1S/C19H24N4O3/c1-13-19(24)22(11-14-3-5-16(25-2)6-4-14)12-17-20-21-18(23(13)17)15-7-9-26-10-8-15/h3-6,13,15H,7-12H2,1-2H3/t13-/m0/s1. The van der Waals surface area contributed by atoms with Crippen molar-refractivity contribution >= 4 is 5.91 Å². The number of fused-ring (bicyclic) bond motifs is 1. The average molecular weight is 356 g/mol. The number of rotatable bonds is 4. The van der Waals surface area contributed by atoms with Crippen molar-refractivity contribution in [2.75, 3.05) is 20.3 Å². The molecular formula is C19H24N4O3. The van der Waals surface area contributed by atoms with Crippen molar-refractivity contribution in [3.05, 3.63) is 41.5 Å². The van der Waals surface area contributed by atoms with Crippen LogP contribution in [0.15, 0.2) is 24.3 Å². The quantitative estimate of drug-likeness (QED) is 0.841. The molecule has 1 saturated heterocycles. The summed E-state index contributed by atoms with van der Waals surface area (Å²) in [4.78, 5) is 14.8. The first-order valence-electron chi connectivity index (χ1n) is 9.10. The minimum Gasteiger partial charge on any atom is -0.497 e. The normalized spacial score (nSPS) is 20.9. The Hall–Kier alpha value is -2.41. The Bertz CT molecular complexity index is 781. The highest BCUT2D eigenvalue weighted by atomic mass is 16.5. The largest absolute Gasteiger partial charge is 0.497 e. The smallest absolute Gasteiger partial charge is 0.246 e. The summed E-state index contributed by atoms with van der Waals surface area (Å²) < 4.78 is 12.7. The maximum absolute atomic E-state index is 12.9. The fourth-order valence-electron chi connectivity index (χ4n) is 3.81. The highest BCUT2D eigenvalue weighted by Gasteiger charge is 2.35. The van der Waals surface area contributed by atoms with Crippen LogP contribution in [0.1, 0.15) is 48.9 Å². The van der Waals surface area contributed by atoms with Gasteiger partial charge in [-0.2, -0.15) is 0 Å². The average Bonchev–Trinajstić information content (AvgIpc) is 3.11. The number of carbonyl (C=O) groups is 1. The van der Waals surface area contributed by atoms with Crippen LogP contribution in [0, 0.1) is 0 Å². The third kappa shape index (κ3) is 3.07. The molecule has 26 heavy (non-hydrogen) atoms. The van der Waals surface area contributed by atoms with E-state index < -0.39 is 0 Å². The second-order valence-corrected chi connectivity index (χ2v) is 6.95. The van der Waals surface area contributed by atoms with E-state index in [-0.39, 0.29) is 11.9 Å². The highest BCUT2D eigenvalue weighted by Crippen LogP contribution is 2.31. The number of amides is 1. The SMILES string of the molecule is COc1ccc(CN2Cc3nnc(C4CCOCC4)n3[C@@H](C)C2=O)cc1. The Morgan fingerprint density at radius 3 is 2.62 bits per heavy atom. The van der Waals surface area contributed by atoms with Gasteiger partial charge in [-0.25, -0.2) is 0 Å². The molecule has 1 aromatic heterocycles. The number of carbonyl (C=O) groups excluding carboxylic acids is 1. The number of methoxy groups -OCH3 is 1. The van der Waals surface area contributed by atoms with Gasteiger partial charge in [0.2, 0.25) is 5.91 Å². The van der Waals surface area contributed by atoms with Gasteiger partial charge in [0.1, 0.15) is 17.6 Å². The van der Waals surface area contributed by atoms with Crippen molar-refractivity contribution in [1.29, 1.82) is 0 Å². The summed E-state index contributed by atoms with van der Waals surface area (Å²) in [6, 6.07) is 7.54. The van der Waals surface area contributed by atoms with Crippen LogP contribution in [0.2, 0.25) is 0 Å². The number of benzene rings is 1. The number of nitrogens with zero attached hydrogens (tertiary/aromatic N) is 4. The van der Waals surface area contributed by atoms with Crippen molar-refractivity contribution in [2.24, 2.45) is 0 Å². The van der Waals surface area contributed by atoms with E-state index >= 15 is 0 Å². The van der Waals surface area contributed by atoms with Gasteiger partial charge in [-0.1, -0.05) is 12.1 Å². The molecule has 1 fully saturated rings. The van der Waals surface area contributed by atoms with E-state index in [1.54, 1.807) is 7.11 Å². The number of ether oxygens (including phenoxy) is 2. The summed E-state index contributed by atoms with van der Waals surface area (Å²) in [5.74, 6) is 3.06. The second-order valence-electron chi connectivity index (χ2n) is 6.95. The molecule has 0 bridgehead atoms. The maximum atomic E-state index is 12.9. The van der Waals surface area contributed by atoms with Crippen LogP contribution in [0.5, 0.6) is 5.75 Å². The molecular weight excluding hydrogens is 332 g/mol. The first kappa shape index (κ1) is 17.0. The minimum absolute atomic E-state index is 0.112. The van der Waals surface area contributed by atoms with E-state index in [4.69, 9.17) is 9.47 Å². The van der Waals surface area contributed by atoms with E-state index in [0.29, 0.717) is 19.0 Å². The van der Waals surface area contributed by atoms with E-state index in [0.717, 1.165) is 49.0 Å². The maximum Gasteiger partial charge on any atom is 0.246 e. The van der Waals surface area contributed by atoms with Gasteiger partial charge >= 0.3 is 0 Å². The Kier molecular flexibility index (Phi) is 4.63. The van der Waals surface area contributed by atoms with Crippen molar-refractivity contribution in [3.63, 3.8) is 0 Å². The lowest BCUT2D eigenvalue weighted by atomic mass is 9.98. The fraction of sp³-hybridized carbons (Fsp3) is 0.526. The molecule has 1 amide bonds. The number of aromatic nitrogens is 3. The fourth-order valence-corrected chi connectivity index (χ4v) is 3.81. The van der Waals surface area contributed by atoms with Crippen molar-refractivity contribution in [3.8, 4) is 5.75 Å². The minimum atomic E-state index is -0.273. The summed E-state index contributed by atoms with van der Waals surface area (Å²) in [7, 11) is 1.65. The first-order valence-corrected chi connectivity index (χ1v) is 9.10. The molecule has 0 N–H and O–H groups in total. The van der Waals surface area contributed by atoms with Gasteiger partial charge in [-0.3, -0.25) is 4.79 Å². The molecule has 3 heterocycles. The predicted octanol–water partition coefficient (Wildman–Crippen LogP) is 2.28. The molecule has 2 aromatic rings. The van der Waals surface area contributed by atoms with Gasteiger partial charge in [0, 0.05) is 25.7 Å². The molecule has 0 aliphatic carbocycles. The Morgan fingerprint density at radius 2 is 1.92 bits per heavy atom. The second kappa shape index (κ2) is 7.07. The Morgan fingerprint density at radius 1 is 1.19 bits per heavy atom. The zero-order valence-electron chi connectivity index (χ0n) is 15.2. The van der Waals surface area contributed by atoms with Crippen LogP contribution >= 0.6 is 0 Å². The molecule has 4 rings (SSSR count). The van der Waals surface area contributed by atoms with Gasteiger partial charge in [-0.05, 0) is 37.5 Å². The van der Waals surface area contributed by atoms with Crippen molar-refractivity contribution < 1.29 is 14.3 Å². The first-order chi connectivity index (χ1) is 12.7. The zero-order valence-corrected chi connectivity index (χ0v) is 15.2. The summed E-state index contributed by atoms with van der Waals surface area (Å²) >= 11 is 0. The lowest BCUT2D eigenvalue weighted by molar-refractivity contribution is -0.137. The Labute approximate surface area is 152 Å². The van der Waals surface area contributed by atoms with E-state index in [2.05, 4.69) is 10.2 Å². The van der Waals surface area contributed by atoms with Crippen LogP contribution in [0.3, 0.4) is 0 Å². The summed E-state index contributed by atoms with van der Waals surface area (Å²) in [5.41, 5.74) is 1.07. The topological polar surface area (TPSA) is 69.5 Å². The van der Waals surface area contributed by atoms with Gasteiger partial charge in [0.25, 0.3) is 0 Å². The molecule has 2 aliphatic rings. The molecule has 0 spiro atoms. The third-order valence-corrected chi connectivity index (χ3v) is 5.30.